The van der Waals surface area contributed by atoms with Gasteiger partial charge in [0.05, 0.1) is 6.61 Å². The molecule has 0 unspecified atom stereocenters. The number of aryl methyl sites for hydroxylation is 1. The molecule has 4 heteroatoms. The van der Waals surface area contributed by atoms with E-state index < -0.39 is 0 Å². The molecule has 0 aliphatic heterocycles. The number of nitrogens with zero attached hydrogens (tertiary/aromatic N) is 1. The first-order valence-electron chi connectivity index (χ1n) is 7.08. The highest BCUT2D eigenvalue weighted by molar-refractivity contribution is 5.97. The smallest absolute Gasteiger partial charge is 0.325 e. The van der Waals surface area contributed by atoms with Crippen molar-refractivity contribution in [2.45, 2.75) is 52.0 Å². The van der Waals surface area contributed by atoms with E-state index in [9.17, 15) is 9.59 Å². The van der Waals surface area contributed by atoms with Crippen molar-refractivity contribution in [3.05, 3.63) is 23.5 Å². The highest BCUT2D eigenvalue weighted by Crippen LogP contribution is 2.21. The Kier molecular flexibility index (Phi) is 4.77. The molecule has 1 heterocycles. The molecular formula is C15H21NO3. The summed E-state index contributed by atoms with van der Waals surface area (Å²) in [6.07, 6.45) is 9.18. The minimum Gasteiger partial charge on any atom is -0.464 e. The first kappa shape index (κ1) is 13.8. The summed E-state index contributed by atoms with van der Waals surface area (Å²) in [7, 11) is 0. The minimum absolute atomic E-state index is 0.198. The number of rotatable bonds is 5. The average Bonchev–Trinajstić information content (AvgIpc) is 2.70. The predicted molar refractivity (Wildman–Crippen MR) is 72.2 cm³/mol. The van der Waals surface area contributed by atoms with Gasteiger partial charge >= 0.3 is 5.97 Å². The molecule has 0 spiro atoms. The third-order valence-electron chi connectivity index (χ3n) is 3.44. The summed E-state index contributed by atoms with van der Waals surface area (Å²) in [6.45, 7) is 2.74. The summed E-state index contributed by atoms with van der Waals surface area (Å²) in [6, 6.07) is 0. The van der Waals surface area contributed by atoms with Crippen molar-refractivity contribution in [3.8, 4) is 0 Å². The normalized spacial score (nSPS) is 14.9. The van der Waals surface area contributed by atoms with E-state index in [1.807, 2.05) is 6.20 Å². The fourth-order valence-corrected chi connectivity index (χ4v) is 2.36. The third kappa shape index (κ3) is 3.69. The zero-order valence-corrected chi connectivity index (χ0v) is 11.5. The molecule has 0 saturated heterocycles. The van der Waals surface area contributed by atoms with Gasteiger partial charge < -0.3 is 9.30 Å². The van der Waals surface area contributed by atoms with Crippen LogP contribution in [0.1, 0.15) is 54.9 Å². The summed E-state index contributed by atoms with van der Waals surface area (Å²) in [5.74, 6) is -0.0309. The number of esters is 1. The number of Topliss-reactive ketones (excluding diaryl/α,β-unsaturated/α-hetero) is 1. The van der Waals surface area contributed by atoms with Gasteiger partial charge in [0.2, 0.25) is 0 Å². The summed E-state index contributed by atoms with van der Waals surface area (Å²) in [5, 5.41) is 0. The van der Waals surface area contributed by atoms with Crippen molar-refractivity contribution in [2.75, 3.05) is 6.61 Å². The van der Waals surface area contributed by atoms with Crippen LogP contribution in [0.4, 0.5) is 0 Å². The van der Waals surface area contributed by atoms with Crippen LogP contribution in [-0.2, 0) is 22.5 Å². The molecular weight excluding hydrogens is 242 g/mol. The molecule has 1 aliphatic rings. The Morgan fingerprint density at radius 1 is 1.32 bits per heavy atom. The molecule has 2 rings (SSSR count). The van der Waals surface area contributed by atoms with E-state index in [1.165, 1.54) is 0 Å². The predicted octanol–water partition coefficient (Wildman–Crippen LogP) is 2.74. The second-order valence-corrected chi connectivity index (χ2v) is 5.07. The average molecular weight is 263 g/mol. The molecule has 0 amide bonds. The maximum atomic E-state index is 11.9. The van der Waals surface area contributed by atoms with Gasteiger partial charge in [0.1, 0.15) is 6.54 Å². The van der Waals surface area contributed by atoms with Gasteiger partial charge in [0, 0.05) is 24.4 Å². The van der Waals surface area contributed by atoms with Gasteiger partial charge in [-0.25, -0.2) is 0 Å². The van der Waals surface area contributed by atoms with Crippen LogP contribution in [0.25, 0.3) is 0 Å². The lowest BCUT2D eigenvalue weighted by Gasteiger charge is -2.04. The van der Waals surface area contributed by atoms with Crippen molar-refractivity contribution in [1.29, 1.82) is 0 Å². The summed E-state index contributed by atoms with van der Waals surface area (Å²) >= 11 is 0. The van der Waals surface area contributed by atoms with Crippen molar-refractivity contribution >= 4 is 11.8 Å². The molecule has 1 aliphatic carbocycles. The molecule has 0 fully saturated rings. The van der Waals surface area contributed by atoms with Crippen LogP contribution in [-0.4, -0.2) is 22.9 Å². The zero-order chi connectivity index (χ0) is 13.7. The summed E-state index contributed by atoms with van der Waals surface area (Å²) in [4.78, 5) is 23.5. The lowest BCUT2D eigenvalue weighted by Crippen LogP contribution is -2.13. The fraction of sp³-hybridized carbons (Fsp3) is 0.600. The Morgan fingerprint density at radius 3 is 2.89 bits per heavy atom. The van der Waals surface area contributed by atoms with Crippen LogP contribution >= 0.6 is 0 Å². The molecule has 1 aromatic heterocycles. The van der Waals surface area contributed by atoms with E-state index in [-0.39, 0.29) is 18.3 Å². The van der Waals surface area contributed by atoms with E-state index in [0.717, 1.165) is 43.2 Å². The fourth-order valence-electron chi connectivity index (χ4n) is 2.36. The van der Waals surface area contributed by atoms with Gasteiger partial charge in [-0.1, -0.05) is 13.3 Å². The summed E-state index contributed by atoms with van der Waals surface area (Å²) < 4.78 is 6.91. The number of carbonyl (C=O) groups excluding carboxylic acids is 2. The number of carbonyl (C=O) groups is 2. The number of fused-ring (bicyclic) bond motifs is 1. The van der Waals surface area contributed by atoms with Crippen molar-refractivity contribution in [2.24, 2.45) is 0 Å². The van der Waals surface area contributed by atoms with Gasteiger partial charge in [0.15, 0.2) is 5.78 Å². The number of hydrogen-bond donors (Lipinski definition) is 0. The lowest BCUT2D eigenvalue weighted by molar-refractivity contribution is -0.144. The molecule has 0 N–H and O–H groups in total. The van der Waals surface area contributed by atoms with Crippen LogP contribution in [0.15, 0.2) is 12.4 Å². The molecule has 0 bridgehead atoms. The molecule has 104 valence electrons. The Balaban J connectivity index is 1.97. The molecule has 0 aromatic carbocycles. The number of ketones is 1. The largest absolute Gasteiger partial charge is 0.464 e. The van der Waals surface area contributed by atoms with Crippen LogP contribution < -0.4 is 0 Å². The number of unbranched alkanes of at least 4 members (excludes halogenated alkanes) is 1. The maximum absolute atomic E-state index is 11.9. The number of ether oxygens (including phenoxy) is 1. The Labute approximate surface area is 113 Å². The van der Waals surface area contributed by atoms with E-state index in [1.54, 1.807) is 10.8 Å². The lowest BCUT2D eigenvalue weighted by atomic mass is 10.1. The summed E-state index contributed by atoms with van der Waals surface area (Å²) in [5.41, 5.74) is 1.86. The van der Waals surface area contributed by atoms with E-state index in [4.69, 9.17) is 4.74 Å². The van der Waals surface area contributed by atoms with Crippen molar-refractivity contribution in [3.63, 3.8) is 0 Å². The SMILES string of the molecule is CCCCOC(=O)Cn1cc2c(c1)C(=O)CCCC2. The Morgan fingerprint density at radius 2 is 2.11 bits per heavy atom. The standard InChI is InChI=1S/C15H21NO3/c1-2-3-8-19-15(18)11-16-9-12-6-4-5-7-14(17)13(12)10-16/h9-10H,2-8,11H2,1H3. The highest BCUT2D eigenvalue weighted by Gasteiger charge is 2.18. The van der Waals surface area contributed by atoms with Gasteiger partial charge in [-0.05, 0) is 31.2 Å². The quantitative estimate of drug-likeness (QED) is 0.466. The van der Waals surface area contributed by atoms with Crippen LogP contribution in [0.2, 0.25) is 0 Å². The second kappa shape index (κ2) is 6.55. The molecule has 1 aromatic rings. The first-order chi connectivity index (χ1) is 9.20. The van der Waals surface area contributed by atoms with E-state index in [0.29, 0.717) is 13.0 Å². The topological polar surface area (TPSA) is 48.3 Å². The monoisotopic (exact) mass is 263 g/mol. The minimum atomic E-state index is -0.231. The van der Waals surface area contributed by atoms with Gasteiger partial charge in [-0.15, -0.1) is 0 Å². The van der Waals surface area contributed by atoms with Gasteiger partial charge in [0.25, 0.3) is 0 Å². The Bertz CT molecular complexity index is 462. The van der Waals surface area contributed by atoms with Gasteiger partial charge in [-0.3, -0.25) is 9.59 Å². The van der Waals surface area contributed by atoms with Crippen molar-refractivity contribution < 1.29 is 14.3 Å². The van der Waals surface area contributed by atoms with Crippen LogP contribution in [0.5, 0.6) is 0 Å². The number of aromatic nitrogens is 1. The van der Waals surface area contributed by atoms with Crippen LogP contribution in [0, 0.1) is 0 Å². The maximum Gasteiger partial charge on any atom is 0.325 e. The van der Waals surface area contributed by atoms with E-state index in [2.05, 4.69) is 6.92 Å². The van der Waals surface area contributed by atoms with E-state index >= 15 is 0 Å². The highest BCUT2D eigenvalue weighted by atomic mass is 16.5. The van der Waals surface area contributed by atoms with Crippen LogP contribution in [0.3, 0.4) is 0 Å². The zero-order valence-electron chi connectivity index (χ0n) is 11.5. The molecule has 0 saturated carbocycles. The van der Waals surface area contributed by atoms with Crippen molar-refractivity contribution in [1.82, 2.24) is 4.57 Å². The third-order valence-corrected chi connectivity index (χ3v) is 3.44. The number of hydrogen-bond acceptors (Lipinski definition) is 3. The Hall–Kier alpha value is -1.58. The molecule has 0 radical (unpaired) electrons. The van der Waals surface area contributed by atoms with Gasteiger partial charge in [-0.2, -0.15) is 0 Å². The molecule has 0 atom stereocenters. The molecule has 4 nitrogen and oxygen atoms in total. The second-order valence-electron chi connectivity index (χ2n) is 5.07. The molecule has 19 heavy (non-hydrogen) atoms. The first-order valence-corrected chi connectivity index (χ1v) is 7.08.